The molecule has 3 aromatic rings. The number of ketones is 1. The van der Waals surface area contributed by atoms with Crippen molar-refractivity contribution in [2.24, 2.45) is 0 Å². The summed E-state index contributed by atoms with van der Waals surface area (Å²) in [5, 5.41) is 0. The summed E-state index contributed by atoms with van der Waals surface area (Å²) in [6.45, 7) is 0.312. The minimum Gasteiger partial charge on any atom is -0.330 e. The summed E-state index contributed by atoms with van der Waals surface area (Å²) >= 11 is 1.61. The molecule has 0 bridgehead atoms. The van der Waals surface area contributed by atoms with E-state index >= 15 is 0 Å². The summed E-state index contributed by atoms with van der Waals surface area (Å²) in [6.07, 6.45) is 5.13. The van der Waals surface area contributed by atoms with Gasteiger partial charge in [0.25, 0.3) is 0 Å². The normalized spacial score (nSPS) is 10.5. The van der Waals surface area contributed by atoms with Crippen molar-refractivity contribution in [1.82, 2.24) is 9.55 Å². The molecule has 3 nitrogen and oxygen atoms in total. The van der Waals surface area contributed by atoms with Gasteiger partial charge in [0.05, 0.1) is 12.9 Å². The minimum absolute atomic E-state index is 0.0898. The zero-order valence-corrected chi connectivity index (χ0v) is 12.2. The molecule has 0 unspecified atom stereocenters. The Hall–Kier alpha value is -2.33. The molecule has 0 N–H and O–H groups in total. The maximum atomic E-state index is 12.5. The maximum absolute atomic E-state index is 12.5. The number of rotatable bonds is 5. The van der Waals surface area contributed by atoms with Gasteiger partial charge in [-0.1, -0.05) is 48.2 Å². The van der Waals surface area contributed by atoms with Crippen LogP contribution in [-0.2, 0) is 6.54 Å². The Labute approximate surface area is 127 Å². The van der Waals surface area contributed by atoms with Gasteiger partial charge >= 0.3 is 0 Å². The molecule has 0 aliphatic carbocycles. The van der Waals surface area contributed by atoms with Gasteiger partial charge in [-0.2, -0.15) is 0 Å². The Morgan fingerprint density at radius 3 is 2.57 bits per heavy atom. The number of hydrogen-bond acceptors (Lipinski definition) is 3. The first-order valence-corrected chi connectivity index (χ1v) is 7.45. The smallest absolute Gasteiger partial charge is 0.183 e. The number of hydrogen-bond donors (Lipinski definition) is 0. The monoisotopic (exact) mass is 294 g/mol. The predicted molar refractivity (Wildman–Crippen MR) is 83.6 cm³/mol. The Kier molecular flexibility index (Phi) is 4.17. The third-order valence-electron chi connectivity index (χ3n) is 3.04. The summed E-state index contributed by atoms with van der Waals surface area (Å²) in [5.41, 5.74) is 0.750. The number of aromatic nitrogens is 2. The summed E-state index contributed by atoms with van der Waals surface area (Å²) in [4.78, 5) is 18.5. The lowest BCUT2D eigenvalue weighted by Crippen LogP contribution is -2.09. The van der Waals surface area contributed by atoms with Gasteiger partial charge in [-0.3, -0.25) is 4.79 Å². The van der Waals surface area contributed by atoms with E-state index in [9.17, 15) is 4.79 Å². The molecule has 4 heteroatoms. The highest BCUT2D eigenvalue weighted by atomic mass is 32.2. The van der Waals surface area contributed by atoms with Crippen LogP contribution in [0, 0.1) is 0 Å². The second kappa shape index (κ2) is 6.41. The van der Waals surface area contributed by atoms with Crippen molar-refractivity contribution in [3.63, 3.8) is 0 Å². The predicted octanol–water partition coefficient (Wildman–Crippen LogP) is 3.92. The van der Waals surface area contributed by atoms with Gasteiger partial charge in [0, 0.05) is 27.7 Å². The van der Waals surface area contributed by atoms with Crippen LogP contribution in [-0.4, -0.2) is 15.3 Å². The van der Waals surface area contributed by atoms with Gasteiger partial charge < -0.3 is 4.57 Å². The van der Waals surface area contributed by atoms with Crippen LogP contribution in [0.5, 0.6) is 0 Å². The first-order valence-electron chi connectivity index (χ1n) is 6.64. The lowest BCUT2D eigenvalue weighted by molar-refractivity contribution is 0.0969. The number of imidazole rings is 1. The van der Waals surface area contributed by atoms with Crippen LogP contribution in [0.3, 0.4) is 0 Å². The van der Waals surface area contributed by atoms with Gasteiger partial charge in [-0.25, -0.2) is 4.98 Å². The van der Waals surface area contributed by atoms with Crippen molar-refractivity contribution < 1.29 is 4.79 Å². The molecule has 0 saturated heterocycles. The van der Waals surface area contributed by atoms with E-state index in [1.807, 2.05) is 54.6 Å². The molecule has 0 amide bonds. The Bertz CT molecular complexity index is 724. The van der Waals surface area contributed by atoms with Crippen LogP contribution in [0.15, 0.2) is 83.1 Å². The maximum Gasteiger partial charge on any atom is 0.183 e. The molecule has 0 saturated carbocycles. The second-order valence-corrected chi connectivity index (χ2v) is 5.68. The van der Waals surface area contributed by atoms with E-state index in [1.165, 1.54) is 0 Å². The quantitative estimate of drug-likeness (QED) is 0.669. The molecule has 0 fully saturated rings. The molecule has 1 heterocycles. The lowest BCUT2D eigenvalue weighted by atomic mass is 10.1. The Balaban J connectivity index is 1.84. The van der Waals surface area contributed by atoms with E-state index in [0.29, 0.717) is 6.54 Å². The molecule has 0 spiro atoms. The van der Waals surface area contributed by atoms with Crippen molar-refractivity contribution in [3.05, 3.63) is 78.9 Å². The molecule has 0 atom stereocenters. The van der Waals surface area contributed by atoms with Crippen LogP contribution in [0.2, 0.25) is 0 Å². The summed E-state index contributed by atoms with van der Waals surface area (Å²) < 4.78 is 1.78. The van der Waals surface area contributed by atoms with Crippen LogP contribution >= 0.6 is 11.8 Å². The van der Waals surface area contributed by atoms with E-state index < -0.39 is 0 Å². The third-order valence-corrected chi connectivity index (χ3v) is 4.13. The zero-order chi connectivity index (χ0) is 14.5. The lowest BCUT2D eigenvalue weighted by Gasteiger charge is -2.08. The van der Waals surface area contributed by atoms with Gasteiger partial charge in [0.15, 0.2) is 5.78 Å². The highest BCUT2D eigenvalue weighted by Crippen LogP contribution is 2.30. The first-order chi connectivity index (χ1) is 10.3. The van der Waals surface area contributed by atoms with Crippen molar-refractivity contribution in [2.75, 3.05) is 0 Å². The zero-order valence-electron chi connectivity index (χ0n) is 11.3. The molecule has 104 valence electrons. The molecule has 1 aromatic heterocycles. The van der Waals surface area contributed by atoms with E-state index in [1.54, 1.807) is 35.0 Å². The van der Waals surface area contributed by atoms with Gasteiger partial charge in [-0.05, 0) is 18.2 Å². The van der Waals surface area contributed by atoms with E-state index in [0.717, 1.165) is 15.4 Å². The van der Waals surface area contributed by atoms with E-state index in [4.69, 9.17) is 0 Å². The Morgan fingerprint density at radius 2 is 1.81 bits per heavy atom. The summed E-state index contributed by atoms with van der Waals surface area (Å²) in [7, 11) is 0. The van der Waals surface area contributed by atoms with Crippen molar-refractivity contribution in [1.29, 1.82) is 0 Å². The molecule has 3 rings (SSSR count). The largest absolute Gasteiger partial charge is 0.330 e. The minimum atomic E-state index is 0.0898. The standard InChI is InChI=1S/C17H14N2OS/c20-16(12-19-11-10-18-13-19)15-8-4-5-9-17(15)21-14-6-2-1-3-7-14/h1-11,13H,12H2. The number of carbonyl (C=O) groups excluding carboxylic acids is 1. The number of benzene rings is 2. The fraction of sp³-hybridized carbons (Fsp3) is 0.0588. The SMILES string of the molecule is O=C(Cn1ccnc1)c1ccccc1Sc1ccccc1. The van der Waals surface area contributed by atoms with Crippen LogP contribution in [0.4, 0.5) is 0 Å². The van der Waals surface area contributed by atoms with Crippen molar-refractivity contribution in [2.45, 2.75) is 16.3 Å². The fourth-order valence-electron chi connectivity index (χ4n) is 2.03. The van der Waals surface area contributed by atoms with Crippen molar-refractivity contribution >= 4 is 17.5 Å². The molecule has 2 aromatic carbocycles. The Morgan fingerprint density at radius 1 is 1.05 bits per heavy atom. The van der Waals surface area contributed by atoms with Crippen molar-refractivity contribution in [3.8, 4) is 0 Å². The molecular weight excluding hydrogens is 280 g/mol. The van der Waals surface area contributed by atoms with Gasteiger partial charge in [0.1, 0.15) is 0 Å². The summed E-state index contributed by atoms with van der Waals surface area (Å²) in [6, 6.07) is 17.8. The third kappa shape index (κ3) is 3.41. The topological polar surface area (TPSA) is 34.9 Å². The summed E-state index contributed by atoms with van der Waals surface area (Å²) in [5.74, 6) is 0.0898. The molecule has 0 aliphatic heterocycles. The molecule has 0 aliphatic rings. The molecular formula is C17H14N2OS. The van der Waals surface area contributed by atoms with E-state index in [2.05, 4.69) is 4.98 Å². The molecule has 0 radical (unpaired) electrons. The van der Waals surface area contributed by atoms with Crippen LogP contribution in [0.25, 0.3) is 0 Å². The van der Waals surface area contributed by atoms with Crippen LogP contribution < -0.4 is 0 Å². The highest BCUT2D eigenvalue weighted by molar-refractivity contribution is 7.99. The highest BCUT2D eigenvalue weighted by Gasteiger charge is 2.12. The van der Waals surface area contributed by atoms with Gasteiger partial charge in [0.2, 0.25) is 0 Å². The first kappa shape index (κ1) is 13.6. The van der Waals surface area contributed by atoms with Gasteiger partial charge in [-0.15, -0.1) is 0 Å². The number of Topliss-reactive ketones (excluding diaryl/α,β-unsaturated/α-hetero) is 1. The second-order valence-electron chi connectivity index (χ2n) is 4.57. The average molecular weight is 294 g/mol. The molecule has 21 heavy (non-hydrogen) atoms. The average Bonchev–Trinajstić information content (AvgIpc) is 3.02. The van der Waals surface area contributed by atoms with Crippen LogP contribution in [0.1, 0.15) is 10.4 Å². The fourth-order valence-corrected chi connectivity index (χ4v) is 3.02. The number of carbonyl (C=O) groups is 1. The van der Waals surface area contributed by atoms with E-state index in [-0.39, 0.29) is 5.78 Å². The number of nitrogens with zero attached hydrogens (tertiary/aromatic N) is 2.